The van der Waals surface area contributed by atoms with Crippen LogP contribution in [-0.4, -0.2) is 47.8 Å². The molecular formula is C38H41N9. The summed E-state index contributed by atoms with van der Waals surface area (Å²) in [6.45, 7) is 8.80. The Morgan fingerprint density at radius 2 is 1.04 bits per heavy atom. The first-order valence-electron chi connectivity index (χ1n) is 16.8. The molecule has 3 aromatic carbocycles. The molecule has 4 N–H and O–H groups in total. The Morgan fingerprint density at radius 3 is 1.45 bits per heavy atom. The van der Waals surface area contributed by atoms with E-state index in [0.29, 0.717) is 12.1 Å². The fourth-order valence-corrected chi connectivity index (χ4v) is 6.77. The highest BCUT2D eigenvalue weighted by atomic mass is 15.3. The van der Waals surface area contributed by atoms with E-state index in [2.05, 4.69) is 129 Å². The topological polar surface area (TPSA) is 112 Å². The Morgan fingerprint density at radius 1 is 0.596 bits per heavy atom. The molecule has 0 bridgehead atoms. The molecule has 47 heavy (non-hydrogen) atoms. The van der Waals surface area contributed by atoms with Gasteiger partial charge in [0.25, 0.3) is 0 Å². The van der Waals surface area contributed by atoms with Gasteiger partial charge in [-0.3, -0.25) is 4.57 Å². The maximum Gasteiger partial charge on any atom is 0.168 e. The molecule has 8 rings (SSSR count). The number of nitrogens with one attached hydrogen (secondary N) is 4. The van der Waals surface area contributed by atoms with Gasteiger partial charge >= 0.3 is 0 Å². The molecule has 2 aliphatic heterocycles. The summed E-state index contributed by atoms with van der Waals surface area (Å²) in [5.74, 6) is 3.60. The Bertz CT molecular complexity index is 1850. The molecule has 5 heterocycles. The fourth-order valence-electron chi connectivity index (χ4n) is 6.77. The summed E-state index contributed by atoms with van der Waals surface area (Å²) in [6, 6.07) is 26.4. The average molecular weight is 624 g/mol. The third-order valence-corrected chi connectivity index (χ3v) is 9.53. The highest BCUT2D eigenvalue weighted by Gasteiger charge is 2.22. The van der Waals surface area contributed by atoms with Gasteiger partial charge in [-0.15, -0.1) is 10.2 Å². The normalized spacial score (nSPS) is 18.3. The van der Waals surface area contributed by atoms with Crippen molar-refractivity contribution in [3.63, 3.8) is 0 Å². The number of nitrogens with zero attached hydrogens (tertiary/aromatic N) is 5. The van der Waals surface area contributed by atoms with Gasteiger partial charge in [-0.2, -0.15) is 0 Å². The van der Waals surface area contributed by atoms with Gasteiger partial charge in [0, 0.05) is 16.8 Å². The average Bonchev–Trinajstić information content (AvgIpc) is 3.94. The number of H-pyrrole nitrogens is 2. The minimum absolute atomic E-state index is 0.0593. The predicted octanol–water partition coefficient (Wildman–Crippen LogP) is 7.53. The number of benzene rings is 3. The fraction of sp³-hybridized carbons (Fsp3) is 0.316. The molecule has 2 saturated heterocycles. The first-order valence-corrected chi connectivity index (χ1v) is 16.8. The molecule has 0 spiro atoms. The number of aromatic amines is 2. The van der Waals surface area contributed by atoms with E-state index in [9.17, 15) is 0 Å². The number of rotatable bonds is 7. The molecule has 0 unspecified atom stereocenters. The highest BCUT2D eigenvalue weighted by Crippen LogP contribution is 2.33. The van der Waals surface area contributed by atoms with Crippen molar-refractivity contribution in [2.75, 3.05) is 13.1 Å². The Labute approximate surface area is 275 Å². The van der Waals surface area contributed by atoms with E-state index in [4.69, 9.17) is 10.2 Å². The van der Waals surface area contributed by atoms with Crippen LogP contribution in [0.1, 0.15) is 75.8 Å². The second-order valence-electron chi connectivity index (χ2n) is 13.8. The van der Waals surface area contributed by atoms with Crippen LogP contribution in [0.3, 0.4) is 0 Å². The lowest BCUT2D eigenvalue weighted by molar-refractivity contribution is 0.590. The van der Waals surface area contributed by atoms with Crippen LogP contribution in [-0.2, 0) is 5.41 Å². The van der Waals surface area contributed by atoms with Gasteiger partial charge in [-0.05, 0) is 73.0 Å². The molecule has 2 fully saturated rings. The molecule has 2 atom stereocenters. The van der Waals surface area contributed by atoms with Crippen LogP contribution in [0.2, 0.25) is 0 Å². The summed E-state index contributed by atoms with van der Waals surface area (Å²) < 4.78 is 2.16. The Balaban J connectivity index is 1.13. The van der Waals surface area contributed by atoms with Crippen LogP contribution in [0.5, 0.6) is 0 Å². The molecular weight excluding hydrogens is 582 g/mol. The summed E-state index contributed by atoms with van der Waals surface area (Å²) in [5, 5.41) is 16.6. The van der Waals surface area contributed by atoms with Crippen LogP contribution >= 0.6 is 0 Å². The minimum Gasteiger partial charge on any atom is -0.341 e. The molecule has 6 aromatic rings. The van der Waals surface area contributed by atoms with Crippen molar-refractivity contribution in [3.8, 4) is 51.0 Å². The van der Waals surface area contributed by atoms with Gasteiger partial charge in [-0.25, -0.2) is 9.97 Å². The number of hydrogen-bond acceptors (Lipinski definition) is 6. The maximum absolute atomic E-state index is 4.76. The molecule has 2 aliphatic rings. The van der Waals surface area contributed by atoms with Crippen molar-refractivity contribution in [1.29, 1.82) is 0 Å². The molecule has 238 valence electrons. The van der Waals surface area contributed by atoms with Crippen LogP contribution in [0.25, 0.3) is 51.0 Å². The molecule has 3 aromatic heterocycles. The van der Waals surface area contributed by atoms with E-state index in [0.717, 1.165) is 88.6 Å². The van der Waals surface area contributed by atoms with Crippen molar-refractivity contribution in [3.05, 3.63) is 102 Å². The van der Waals surface area contributed by atoms with E-state index >= 15 is 0 Å². The standard InChI is InChI=1S/C38H41N9/c1-38(2,3)28-16-18-29(19-17-28)47-36(26-12-8-24(9-13-26)32-22-41-34(43-32)30-6-4-20-39-30)45-46-37(47)27-14-10-25(11-15-27)33-23-42-35(44-33)31-7-5-21-40-31/h8-19,22-23,30-31,39-40H,4-7,20-21H2,1-3H3,(H,41,43)(H,42,44)/t30-,31-/m0/s1. The Kier molecular flexibility index (Phi) is 7.58. The van der Waals surface area contributed by atoms with Crippen molar-refractivity contribution in [2.24, 2.45) is 0 Å². The van der Waals surface area contributed by atoms with Crippen LogP contribution in [0.4, 0.5) is 0 Å². The quantitative estimate of drug-likeness (QED) is 0.146. The summed E-state index contributed by atoms with van der Waals surface area (Å²) in [4.78, 5) is 16.4. The van der Waals surface area contributed by atoms with Crippen molar-refractivity contribution < 1.29 is 0 Å². The van der Waals surface area contributed by atoms with E-state index in [1.807, 2.05) is 12.4 Å². The monoisotopic (exact) mass is 623 g/mol. The second-order valence-corrected chi connectivity index (χ2v) is 13.8. The van der Waals surface area contributed by atoms with E-state index in [1.165, 1.54) is 18.4 Å². The zero-order valence-electron chi connectivity index (χ0n) is 27.2. The minimum atomic E-state index is 0.0593. The van der Waals surface area contributed by atoms with Gasteiger partial charge in [-0.1, -0.05) is 81.4 Å². The summed E-state index contributed by atoms with van der Waals surface area (Å²) >= 11 is 0. The van der Waals surface area contributed by atoms with E-state index in [-0.39, 0.29) is 5.41 Å². The first-order chi connectivity index (χ1) is 22.9. The SMILES string of the molecule is CC(C)(C)c1ccc(-n2c(-c3ccc(-c4cnc([C@@H]5CCCN5)[nH]4)cc3)nnc2-c2ccc(-c3cnc([C@@H]4CCCN4)[nH]3)cc2)cc1. The van der Waals surface area contributed by atoms with Gasteiger partial charge in [0.1, 0.15) is 11.6 Å². The van der Waals surface area contributed by atoms with Crippen molar-refractivity contribution in [1.82, 2.24) is 45.3 Å². The Hall–Kier alpha value is -4.86. The van der Waals surface area contributed by atoms with Gasteiger partial charge < -0.3 is 20.6 Å². The third kappa shape index (κ3) is 5.81. The van der Waals surface area contributed by atoms with Crippen LogP contribution in [0, 0.1) is 0 Å². The summed E-state index contributed by atoms with van der Waals surface area (Å²) in [6.07, 6.45) is 8.47. The predicted molar refractivity (Wildman–Crippen MR) is 186 cm³/mol. The lowest BCUT2D eigenvalue weighted by atomic mass is 9.87. The van der Waals surface area contributed by atoms with Crippen molar-refractivity contribution >= 4 is 0 Å². The summed E-state index contributed by atoms with van der Waals surface area (Å²) in [7, 11) is 0. The zero-order valence-corrected chi connectivity index (χ0v) is 27.2. The number of aromatic nitrogens is 7. The largest absolute Gasteiger partial charge is 0.341 e. The van der Waals surface area contributed by atoms with E-state index < -0.39 is 0 Å². The van der Waals surface area contributed by atoms with Gasteiger partial charge in [0.2, 0.25) is 0 Å². The lowest BCUT2D eigenvalue weighted by Gasteiger charge is -2.20. The molecule has 0 amide bonds. The summed E-state index contributed by atoms with van der Waals surface area (Å²) in [5.41, 5.74) is 8.56. The van der Waals surface area contributed by atoms with Crippen LogP contribution in [0.15, 0.2) is 85.2 Å². The highest BCUT2D eigenvalue weighted by molar-refractivity contribution is 5.71. The second kappa shape index (κ2) is 12.1. The number of hydrogen-bond donors (Lipinski definition) is 4. The molecule has 0 radical (unpaired) electrons. The molecule has 9 nitrogen and oxygen atoms in total. The van der Waals surface area contributed by atoms with Gasteiger partial charge in [0.05, 0.1) is 35.9 Å². The van der Waals surface area contributed by atoms with Crippen molar-refractivity contribution in [2.45, 2.75) is 64.0 Å². The lowest BCUT2D eigenvalue weighted by Crippen LogP contribution is -2.14. The first kappa shape index (κ1) is 29.5. The molecule has 0 saturated carbocycles. The molecule has 9 heteroatoms. The zero-order chi connectivity index (χ0) is 32.0. The smallest absolute Gasteiger partial charge is 0.168 e. The van der Waals surface area contributed by atoms with Crippen LogP contribution < -0.4 is 10.6 Å². The third-order valence-electron chi connectivity index (χ3n) is 9.53. The maximum atomic E-state index is 4.76. The van der Waals surface area contributed by atoms with Gasteiger partial charge in [0.15, 0.2) is 11.6 Å². The number of imidazole rings is 2. The van der Waals surface area contributed by atoms with E-state index in [1.54, 1.807) is 0 Å². The molecule has 0 aliphatic carbocycles.